The number of alkyl halides is 2. The summed E-state index contributed by atoms with van der Waals surface area (Å²) in [6.07, 6.45) is 1.36. The first-order valence-electron chi connectivity index (χ1n) is 2.98. The summed E-state index contributed by atoms with van der Waals surface area (Å²) in [6, 6.07) is 4.50. The molecule has 0 spiro atoms. The molecule has 12 heavy (non-hydrogen) atoms. The molecule has 66 valence electrons. The lowest BCUT2D eigenvalue weighted by Gasteiger charge is -2.01. The molecule has 0 atom stereocenters. The third-order valence-electron chi connectivity index (χ3n) is 1.16. The van der Waals surface area contributed by atoms with Crippen molar-refractivity contribution in [2.75, 3.05) is 0 Å². The summed E-state index contributed by atoms with van der Waals surface area (Å²) in [6.45, 7) is 0. The van der Waals surface area contributed by atoms with E-state index in [-0.39, 0.29) is 5.03 Å². The molecule has 1 aromatic heterocycles. The molecule has 0 radical (unpaired) electrons. The van der Waals surface area contributed by atoms with Gasteiger partial charge in [-0.3, -0.25) is 0 Å². The van der Waals surface area contributed by atoms with Gasteiger partial charge in [-0.15, -0.1) is 0 Å². The van der Waals surface area contributed by atoms with E-state index in [4.69, 9.17) is 23.2 Å². The second kappa shape index (κ2) is 3.60. The summed E-state index contributed by atoms with van der Waals surface area (Å²) in [5.41, 5.74) is 0. The minimum atomic E-state index is -3.66. The van der Waals surface area contributed by atoms with Crippen LogP contribution < -0.4 is 0 Å². The lowest BCUT2D eigenvalue weighted by molar-refractivity contribution is 0.595. The number of halogens is 2. The summed E-state index contributed by atoms with van der Waals surface area (Å²) >= 11 is 10.5. The number of rotatable bonds is 2. The molecule has 0 aliphatic heterocycles. The van der Waals surface area contributed by atoms with Gasteiger partial charge in [0, 0.05) is 6.20 Å². The van der Waals surface area contributed by atoms with Gasteiger partial charge in [0.05, 0.1) is 0 Å². The van der Waals surface area contributed by atoms with E-state index >= 15 is 0 Å². The quantitative estimate of drug-likeness (QED) is 0.720. The summed E-state index contributed by atoms with van der Waals surface area (Å²) in [7, 11) is -3.66. The predicted octanol–water partition coefficient (Wildman–Crippen LogP) is 1.62. The predicted molar refractivity (Wildman–Crippen MR) is 46.9 cm³/mol. The molecular formula is C6H5Cl2NO2S. The highest BCUT2D eigenvalue weighted by Gasteiger charge is 2.23. The fourth-order valence-electron chi connectivity index (χ4n) is 0.607. The largest absolute Gasteiger partial charge is 0.245 e. The third-order valence-corrected chi connectivity index (χ3v) is 3.86. The number of hydrogen-bond donors (Lipinski definition) is 0. The van der Waals surface area contributed by atoms with E-state index in [2.05, 4.69) is 4.98 Å². The maximum absolute atomic E-state index is 11.2. The zero-order chi connectivity index (χ0) is 9.19. The minimum absolute atomic E-state index is 0.111. The Kier molecular flexibility index (Phi) is 2.93. The normalized spacial score (nSPS) is 11.9. The van der Waals surface area contributed by atoms with Gasteiger partial charge in [-0.2, -0.15) is 0 Å². The first kappa shape index (κ1) is 9.77. The van der Waals surface area contributed by atoms with Crippen LogP contribution in [0.15, 0.2) is 29.4 Å². The van der Waals surface area contributed by atoms with Gasteiger partial charge in [-0.25, -0.2) is 13.4 Å². The van der Waals surface area contributed by atoms with Crippen molar-refractivity contribution in [1.29, 1.82) is 0 Å². The van der Waals surface area contributed by atoms with E-state index < -0.39 is 14.0 Å². The van der Waals surface area contributed by atoms with Crippen molar-refractivity contribution in [2.45, 2.75) is 9.19 Å². The van der Waals surface area contributed by atoms with Gasteiger partial charge >= 0.3 is 0 Å². The highest BCUT2D eigenvalue weighted by Crippen LogP contribution is 2.18. The molecule has 6 heteroatoms. The van der Waals surface area contributed by atoms with Crippen LogP contribution in [0.2, 0.25) is 0 Å². The van der Waals surface area contributed by atoms with Gasteiger partial charge in [0.25, 0.3) is 0 Å². The number of sulfone groups is 1. The second-order valence-electron chi connectivity index (χ2n) is 1.97. The van der Waals surface area contributed by atoms with Crippen LogP contribution in [0.5, 0.6) is 0 Å². The minimum Gasteiger partial charge on any atom is -0.245 e. The van der Waals surface area contributed by atoms with Crippen molar-refractivity contribution in [3.05, 3.63) is 24.4 Å². The molecule has 0 unspecified atom stereocenters. The molecule has 0 amide bonds. The first-order valence-corrected chi connectivity index (χ1v) is 5.40. The van der Waals surface area contributed by atoms with Gasteiger partial charge < -0.3 is 0 Å². The van der Waals surface area contributed by atoms with E-state index in [1.54, 1.807) is 12.1 Å². The van der Waals surface area contributed by atoms with E-state index in [9.17, 15) is 8.42 Å². The van der Waals surface area contributed by atoms with Crippen molar-refractivity contribution >= 4 is 33.0 Å². The molecule has 0 fully saturated rings. The molecular weight excluding hydrogens is 221 g/mol. The summed E-state index contributed by atoms with van der Waals surface area (Å²) < 4.78 is 20.9. The fourth-order valence-corrected chi connectivity index (χ4v) is 1.81. The van der Waals surface area contributed by atoms with Gasteiger partial charge in [0.15, 0.2) is 5.03 Å². The number of pyridine rings is 1. The molecule has 3 nitrogen and oxygen atoms in total. The van der Waals surface area contributed by atoms with Gasteiger partial charge in [0.2, 0.25) is 14.0 Å². The van der Waals surface area contributed by atoms with Crippen molar-refractivity contribution in [3.8, 4) is 0 Å². The van der Waals surface area contributed by atoms with Crippen LogP contribution in [0.3, 0.4) is 0 Å². The molecule has 1 aromatic rings. The van der Waals surface area contributed by atoms with E-state index in [1.807, 2.05) is 0 Å². The monoisotopic (exact) mass is 225 g/mol. The van der Waals surface area contributed by atoms with Crippen LogP contribution in [0.1, 0.15) is 0 Å². The van der Waals surface area contributed by atoms with E-state index in [0.717, 1.165) is 0 Å². The second-order valence-corrected chi connectivity index (χ2v) is 5.57. The van der Waals surface area contributed by atoms with Crippen LogP contribution in [0.4, 0.5) is 0 Å². The fraction of sp³-hybridized carbons (Fsp3) is 0.167. The highest BCUT2D eigenvalue weighted by molar-refractivity contribution is 7.94. The maximum Gasteiger partial charge on any atom is 0.226 e. The summed E-state index contributed by atoms with van der Waals surface area (Å²) in [5, 5.41) is -0.111. The molecule has 0 saturated carbocycles. The Labute approximate surface area is 80.2 Å². The molecule has 0 bridgehead atoms. The molecule has 1 heterocycles. The van der Waals surface area contributed by atoms with Crippen LogP contribution in [0.25, 0.3) is 0 Å². The van der Waals surface area contributed by atoms with Gasteiger partial charge in [-0.05, 0) is 12.1 Å². The summed E-state index contributed by atoms with van der Waals surface area (Å²) in [5.74, 6) is 0. The Morgan fingerprint density at radius 1 is 1.33 bits per heavy atom. The van der Waals surface area contributed by atoms with Crippen LogP contribution >= 0.6 is 23.2 Å². The number of aromatic nitrogens is 1. The lowest BCUT2D eigenvalue weighted by Crippen LogP contribution is -2.10. The van der Waals surface area contributed by atoms with Gasteiger partial charge in [0.1, 0.15) is 0 Å². The Bertz CT molecular complexity index is 349. The molecule has 0 aliphatic rings. The topological polar surface area (TPSA) is 47.0 Å². The van der Waals surface area contributed by atoms with Crippen molar-refractivity contribution in [1.82, 2.24) is 4.98 Å². The molecule has 0 N–H and O–H groups in total. The van der Waals surface area contributed by atoms with E-state index in [0.29, 0.717) is 0 Å². The van der Waals surface area contributed by atoms with Crippen molar-refractivity contribution < 1.29 is 8.42 Å². The Morgan fingerprint density at radius 3 is 2.42 bits per heavy atom. The van der Waals surface area contributed by atoms with E-state index in [1.165, 1.54) is 12.3 Å². The van der Waals surface area contributed by atoms with Crippen molar-refractivity contribution in [3.63, 3.8) is 0 Å². The van der Waals surface area contributed by atoms with Crippen molar-refractivity contribution in [2.24, 2.45) is 0 Å². The van der Waals surface area contributed by atoms with Crippen LogP contribution in [-0.4, -0.2) is 17.6 Å². The Hall–Kier alpha value is -0.320. The maximum atomic E-state index is 11.2. The van der Waals surface area contributed by atoms with Crippen LogP contribution in [0, 0.1) is 0 Å². The SMILES string of the molecule is O=S(=O)(c1ccccn1)C(Cl)Cl. The summed E-state index contributed by atoms with van der Waals surface area (Å²) in [4.78, 5) is 3.61. The number of nitrogens with zero attached hydrogens (tertiary/aromatic N) is 1. The molecule has 0 aromatic carbocycles. The average Bonchev–Trinajstić information content (AvgIpc) is 2.06. The smallest absolute Gasteiger partial charge is 0.226 e. The number of hydrogen-bond acceptors (Lipinski definition) is 3. The molecule has 1 rings (SSSR count). The Balaban J connectivity index is 3.17. The van der Waals surface area contributed by atoms with Crippen LogP contribution in [-0.2, 0) is 9.84 Å². The zero-order valence-electron chi connectivity index (χ0n) is 5.81. The standard InChI is InChI=1S/C6H5Cl2NO2S/c7-6(8)12(10,11)5-3-1-2-4-9-5/h1-4,6H. The Morgan fingerprint density at radius 2 is 2.00 bits per heavy atom. The highest BCUT2D eigenvalue weighted by atomic mass is 35.5. The third kappa shape index (κ3) is 1.88. The molecule has 0 saturated heterocycles. The average molecular weight is 226 g/mol. The van der Waals surface area contributed by atoms with Gasteiger partial charge in [-0.1, -0.05) is 29.3 Å². The zero-order valence-corrected chi connectivity index (χ0v) is 8.14. The first-order chi connectivity index (χ1) is 5.55. The lowest BCUT2D eigenvalue weighted by atomic mass is 10.5. The molecule has 0 aliphatic carbocycles.